The average Bonchev–Trinajstić information content (AvgIpc) is 3.11. The second-order valence-corrected chi connectivity index (χ2v) is 8.85. The second kappa shape index (κ2) is 8.10. The van der Waals surface area contributed by atoms with E-state index in [0.717, 1.165) is 5.56 Å². The lowest BCUT2D eigenvalue weighted by Gasteiger charge is -2.21. The highest BCUT2D eigenvalue weighted by atomic mass is 35.5. The number of non-ortho nitro benzene ring substituents is 1. The molecule has 0 spiro atoms. The molecule has 2 aromatic rings. The standard InChI is InChI=1S/C19H20ClN3O5S/c1-3-21(4-2)29(27,28)15-7-8-17(20)16(12-15)19(24)22-10-9-13-5-6-14(23(25)26)11-18(13)22/h5-8,11-12H,3-4,9-10H2,1-2H3. The van der Waals surface area contributed by atoms with Gasteiger partial charge in [-0.2, -0.15) is 4.31 Å². The number of anilines is 1. The van der Waals surface area contributed by atoms with Crippen molar-refractivity contribution in [3.8, 4) is 0 Å². The molecular weight excluding hydrogens is 418 g/mol. The molecule has 154 valence electrons. The first kappa shape index (κ1) is 21.2. The summed E-state index contributed by atoms with van der Waals surface area (Å²) in [5, 5.41) is 11.2. The van der Waals surface area contributed by atoms with Crippen LogP contribution in [0.3, 0.4) is 0 Å². The predicted octanol–water partition coefficient (Wildman–Crippen LogP) is 3.48. The van der Waals surface area contributed by atoms with Crippen LogP contribution in [0.15, 0.2) is 41.3 Å². The van der Waals surface area contributed by atoms with E-state index in [1.165, 1.54) is 39.5 Å². The Hall–Kier alpha value is -2.49. The summed E-state index contributed by atoms with van der Waals surface area (Å²) >= 11 is 6.21. The number of benzene rings is 2. The molecule has 10 heteroatoms. The fraction of sp³-hybridized carbons (Fsp3) is 0.316. The number of carbonyl (C=O) groups is 1. The largest absolute Gasteiger partial charge is 0.307 e. The van der Waals surface area contributed by atoms with Gasteiger partial charge < -0.3 is 4.90 Å². The van der Waals surface area contributed by atoms with Crippen molar-refractivity contribution >= 4 is 38.9 Å². The lowest BCUT2D eigenvalue weighted by Crippen LogP contribution is -2.32. The number of nitro benzene ring substituents is 1. The zero-order chi connectivity index (χ0) is 21.3. The monoisotopic (exact) mass is 437 g/mol. The number of nitro groups is 1. The molecule has 0 aromatic heterocycles. The summed E-state index contributed by atoms with van der Waals surface area (Å²) in [6.45, 7) is 4.40. The number of rotatable bonds is 6. The Kier molecular flexibility index (Phi) is 5.92. The molecule has 0 bridgehead atoms. The molecule has 0 saturated heterocycles. The third-order valence-corrected chi connectivity index (χ3v) is 7.31. The van der Waals surface area contributed by atoms with Crippen LogP contribution >= 0.6 is 11.6 Å². The Morgan fingerprint density at radius 2 is 1.90 bits per heavy atom. The summed E-state index contributed by atoms with van der Waals surface area (Å²) in [5.74, 6) is -0.495. The highest BCUT2D eigenvalue weighted by Gasteiger charge is 2.30. The van der Waals surface area contributed by atoms with Crippen molar-refractivity contribution in [2.75, 3.05) is 24.5 Å². The van der Waals surface area contributed by atoms with Crippen molar-refractivity contribution in [1.82, 2.24) is 4.31 Å². The highest BCUT2D eigenvalue weighted by molar-refractivity contribution is 7.89. The first-order chi connectivity index (χ1) is 13.7. The first-order valence-corrected chi connectivity index (χ1v) is 10.9. The molecule has 1 aliphatic heterocycles. The number of sulfonamides is 1. The molecule has 0 radical (unpaired) electrons. The Morgan fingerprint density at radius 3 is 2.52 bits per heavy atom. The van der Waals surface area contributed by atoms with Crippen molar-refractivity contribution in [3.63, 3.8) is 0 Å². The van der Waals surface area contributed by atoms with Crippen LogP contribution in [-0.4, -0.2) is 43.2 Å². The van der Waals surface area contributed by atoms with Gasteiger partial charge in [-0.3, -0.25) is 14.9 Å². The molecule has 0 aliphatic carbocycles. The topological polar surface area (TPSA) is 101 Å². The Labute approximate surface area is 173 Å². The van der Waals surface area contributed by atoms with Crippen molar-refractivity contribution in [3.05, 3.63) is 62.7 Å². The van der Waals surface area contributed by atoms with Crippen LogP contribution in [-0.2, 0) is 16.4 Å². The third-order valence-electron chi connectivity index (χ3n) is 4.93. The van der Waals surface area contributed by atoms with E-state index in [9.17, 15) is 23.3 Å². The Morgan fingerprint density at radius 1 is 1.21 bits per heavy atom. The van der Waals surface area contributed by atoms with Crippen LogP contribution in [0.4, 0.5) is 11.4 Å². The highest BCUT2D eigenvalue weighted by Crippen LogP contribution is 2.34. The molecular formula is C19H20ClN3O5S. The summed E-state index contributed by atoms with van der Waals surface area (Å²) in [6.07, 6.45) is 0.550. The average molecular weight is 438 g/mol. The van der Waals surface area contributed by atoms with E-state index in [4.69, 9.17) is 11.6 Å². The first-order valence-electron chi connectivity index (χ1n) is 9.09. The minimum Gasteiger partial charge on any atom is -0.307 e. The number of fused-ring (bicyclic) bond motifs is 1. The smallest absolute Gasteiger partial charge is 0.271 e. The van der Waals surface area contributed by atoms with Gasteiger partial charge in [-0.1, -0.05) is 31.5 Å². The van der Waals surface area contributed by atoms with Crippen molar-refractivity contribution in [2.24, 2.45) is 0 Å². The lowest BCUT2D eigenvalue weighted by molar-refractivity contribution is -0.384. The van der Waals surface area contributed by atoms with E-state index in [1.807, 2.05) is 0 Å². The lowest BCUT2D eigenvalue weighted by atomic mass is 10.1. The fourth-order valence-electron chi connectivity index (χ4n) is 3.38. The van der Waals surface area contributed by atoms with Gasteiger partial charge in [-0.25, -0.2) is 8.42 Å². The summed E-state index contributed by atoms with van der Waals surface area (Å²) in [5.41, 5.74) is 1.18. The van der Waals surface area contributed by atoms with Crippen molar-refractivity contribution < 1.29 is 18.1 Å². The maximum atomic E-state index is 13.2. The van der Waals surface area contributed by atoms with Gasteiger partial charge in [0.05, 0.1) is 26.1 Å². The minimum atomic E-state index is -3.76. The molecule has 0 saturated carbocycles. The fourth-order valence-corrected chi connectivity index (χ4v) is 5.06. The van der Waals surface area contributed by atoms with E-state index < -0.39 is 20.9 Å². The number of nitrogens with zero attached hydrogens (tertiary/aromatic N) is 3. The van der Waals surface area contributed by atoms with Crippen LogP contribution in [0, 0.1) is 10.1 Å². The van der Waals surface area contributed by atoms with Gasteiger partial charge in [-0.05, 0) is 30.2 Å². The van der Waals surface area contributed by atoms with E-state index in [1.54, 1.807) is 19.9 Å². The van der Waals surface area contributed by atoms with Gasteiger partial charge >= 0.3 is 0 Å². The second-order valence-electron chi connectivity index (χ2n) is 6.51. The number of hydrogen-bond acceptors (Lipinski definition) is 5. The zero-order valence-corrected chi connectivity index (χ0v) is 17.5. The van der Waals surface area contributed by atoms with E-state index in [0.29, 0.717) is 31.7 Å². The number of hydrogen-bond donors (Lipinski definition) is 0. The van der Waals surface area contributed by atoms with Crippen molar-refractivity contribution in [2.45, 2.75) is 25.2 Å². The van der Waals surface area contributed by atoms with Crippen LogP contribution in [0.1, 0.15) is 29.8 Å². The number of halogens is 1. The SMILES string of the molecule is CCN(CC)S(=O)(=O)c1ccc(Cl)c(C(=O)N2CCc3ccc([N+](=O)[O-])cc32)c1. The van der Waals surface area contributed by atoms with Gasteiger partial charge in [0, 0.05) is 31.8 Å². The molecule has 0 fully saturated rings. The summed E-state index contributed by atoms with van der Waals surface area (Å²) in [4.78, 5) is 25.1. The molecule has 2 aromatic carbocycles. The van der Waals surface area contributed by atoms with E-state index >= 15 is 0 Å². The quantitative estimate of drug-likeness (QED) is 0.508. The molecule has 1 amide bonds. The van der Waals surface area contributed by atoms with Crippen LogP contribution in [0.5, 0.6) is 0 Å². The minimum absolute atomic E-state index is 0.0209. The molecule has 29 heavy (non-hydrogen) atoms. The predicted molar refractivity (Wildman–Crippen MR) is 110 cm³/mol. The van der Waals surface area contributed by atoms with Gasteiger partial charge in [0.15, 0.2) is 0 Å². The van der Waals surface area contributed by atoms with Crippen molar-refractivity contribution in [1.29, 1.82) is 0 Å². The van der Waals surface area contributed by atoms with Gasteiger partial charge in [0.25, 0.3) is 11.6 Å². The molecule has 0 N–H and O–H groups in total. The van der Waals surface area contributed by atoms with Crippen LogP contribution < -0.4 is 4.90 Å². The van der Waals surface area contributed by atoms with Crippen LogP contribution in [0.2, 0.25) is 5.02 Å². The van der Waals surface area contributed by atoms with Gasteiger partial charge in [0.2, 0.25) is 10.0 Å². The molecule has 8 nitrogen and oxygen atoms in total. The Balaban J connectivity index is 2.02. The van der Waals surface area contributed by atoms with Crippen LogP contribution in [0.25, 0.3) is 0 Å². The third kappa shape index (κ3) is 3.85. The zero-order valence-electron chi connectivity index (χ0n) is 16.0. The van der Waals surface area contributed by atoms with E-state index in [-0.39, 0.29) is 21.2 Å². The molecule has 0 unspecified atom stereocenters. The maximum Gasteiger partial charge on any atom is 0.271 e. The van der Waals surface area contributed by atoms with Gasteiger partial charge in [-0.15, -0.1) is 0 Å². The summed E-state index contributed by atoms with van der Waals surface area (Å²) in [6, 6.07) is 8.41. The maximum absolute atomic E-state index is 13.2. The summed E-state index contributed by atoms with van der Waals surface area (Å²) in [7, 11) is -3.76. The molecule has 1 aliphatic rings. The number of amides is 1. The molecule has 3 rings (SSSR count). The summed E-state index contributed by atoms with van der Waals surface area (Å²) < 4.78 is 26.9. The number of carbonyl (C=O) groups excluding carboxylic acids is 1. The Bertz CT molecular complexity index is 1080. The normalized spacial score (nSPS) is 13.6. The van der Waals surface area contributed by atoms with E-state index in [2.05, 4.69) is 0 Å². The van der Waals surface area contributed by atoms with Gasteiger partial charge in [0.1, 0.15) is 0 Å². The molecule has 0 atom stereocenters. The molecule has 1 heterocycles.